The number of fused-ring (bicyclic) bond motifs is 1. The van der Waals surface area contributed by atoms with Crippen molar-refractivity contribution in [3.63, 3.8) is 0 Å². The maximum atomic E-state index is 12.5. The highest BCUT2D eigenvalue weighted by molar-refractivity contribution is 5.79. The second kappa shape index (κ2) is 7.73. The van der Waals surface area contributed by atoms with Gasteiger partial charge in [-0.1, -0.05) is 20.3 Å². The quantitative estimate of drug-likeness (QED) is 0.771. The summed E-state index contributed by atoms with van der Waals surface area (Å²) in [5.74, 6) is 1.10. The zero-order valence-electron chi connectivity index (χ0n) is 14.7. The Morgan fingerprint density at radius 3 is 2.84 bits per heavy atom. The van der Waals surface area contributed by atoms with Crippen molar-refractivity contribution < 1.29 is 9.90 Å². The second-order valence-corrected chi connectivity index (χ2v) is 6.66. The number of carbonyl (C=O) groups excluding carboxylic acids is 1. The summed E-state index contributed by atoms with van der Waals surface area (Å²) >= 11 is 0. The minimum absolute atomic E-state index is 0.0184. The van der Waals surface area contributed by atoms with Crippen molar-refractivity contribution in [2.45, 2.75) is 39.2 Å². The molecule has 0 radical (unpaired) electrons. The molecular formula is C16H25N7O2. The topological polar surface area (TPSA) is 109 Å². The molecule has 1 aliphatic heterocycles. The molecule has 2 atom stereocenters. The Bertz CT molecular complexity index is 711. The summed E-state index contributed by atoms with van der Waals surface area (Å²) in [5, 5.41) is 28.1. The number of amides is 1. The number of anilines is 1. The number of piperidine rings is 1. The molecule has 0 aliphatic carbocycles. The van der Waals surface area contributed by atoms with Crippen LogP contribution in [0, 0.1) is 11.8 Å². The Labute approximate surface area is 146 Å². The van der Waals surface area contributed by atoms with Gasteiger partial charge in [-0.2, -0.15) is 0 Å². The lowest BCUT2D eigenvalue weighted by atomic mass is 9.94. The molecule has 25 heavy (non-hydrogen) atoms. The molecule has 9 heteroatoms. The van der Waals surface area contributed by atoms with Crippen LogP contribution >= 0.6 is 0 Å². The van der Waals surface area contributed by atoms with Crippen molar-refractivity contribution in [2.24, 2.45) is 11.8 Å². The molecule has 136 valence electrons. The molecule has 0 aromatic carbocycles. The molecule has 3 heterocycles. The van der Waals surface area contributed by atoms with Crippen molar-refractivity contribution >= 4 is 17.4 Å². The fraction of sp³-hybridized carbons (Fsp3) is 0.688. The van der Waals surface area contributed by atoms with Crippen LogP contribution in [0.3, 0.4) is 0 Å². The number of hydrogen-bond acceptors (Lipinski definition) is 7. The van der Waals surface area contributed by atoms with E-state index in [4.69, 9.17) is 0 Å². The van der Waals surface area contributed by atoms with E-state index in [0.717, 1.165) is 38.2 Å². The molecule has 2 aromatic rings. The third kappa shape index (κ3) is 3.87. The molecule has 0 spiro atoms. The first-order chi connectivity index (χ1) is 12.1. The monoisotopic (exact) mass is 347 g/mol. The Balaban J connectivity index is 1.56. The largest absolute Gasteiger partial charge is 0.394 e. The summed E-state index contributed by atoms with van der Waals surface area (Å²) in [5.41, 5.74) is 0.609. The predicted molar refractivity (Wildman–Crippen MR) is 92.0 cm³/mol. The van der Waals surface area contributed by atoms with Crippen LogP contribution in [0.15, 0.2) is 12.1 Å². The summed E-state index contributed by atoms with van der Waals surface area (Å²) in [4.78, 5) is 14.6. The standard InChI is InChI=1S/C16H25N7O2/c1-3-11(2)13(10-24)17-16(25)12-6-8-22(9-7-12)15-5-4-14-18-20-21-23(14)19-15/h4-5,11-13,24H,3,6-10H2,1-2H3,(H,17,25)/t11-,13-/m0/s1. The molecule has 0 bridgehead atoms. The third-order valence-electron chi connectivity index (χ3n) is 5.10. The normalized spacial score (nSPS) is 18.3. The van der Waals surface area contributed by atoms with Gasteiger partial charge in [0.15, 0.2) is 11.5 Å². The Hall–Kier alpha value is -2.29. The van der Waals surface area contributed by atoms with Crippen molar-refractivity contribution in [3.8, 4) is 0 Å². The van der Waals surface area contributed by atoms with Crippen LogP contribution in [-0.4, -0.2) is 62.0 Å². The van der Waals surface area contributed by atoms with E-state index >= 15 is 0 Å². The molecule has 1 saturated heterocycles. The van der Waals surface area contributed by atoms with Gasteiger partial charge in [-0.15, -0.1) is 14.8 Å². The summed E-state index contributed by atoms with van der Waals surface area (Å²) in [6.07, 6.45) is 2.45. The molecule has 2 aromatic heterocycles. The van der Waals surface area contributed by atoms with E-state index in [0.29, 0.717) is 5.65 Å². The molecule has 0 unspecified atom stereocenters. The molecular weight excluding hydrogens is 322 g/mol. The Morgan fingerprint density at radius 1 is 1.40 bits per heavy atom. The fourth-order valence-electron chi connectivity index (χ4n) is 3.13. The number of hydrogen-bond donors (Lipinski definition) is 2. The van der Waals surface area contributed by atoms with E-state index in [1.807, 2.05) is 19.1 Å². The zero-order valence-corrected chi connectivity index (χ0v) is 14.7. The number of nitrogens with one attached hydrogen (secondary N) is 1. The lowest BCUT2D eigenvalue weighted by Gasteiger charge is -2.33. The predicted octanol–water partition coefficient (Wildman–Crippen LogP) is 0.259. The molecule has 1 aliphatic rings. The number of rotatable bonds is 6. The highest BCUT2D eigenvalue weighted by Gasteiger charge is 2.28. The van der Waals surface area contributed by atoms with Gasteiger partial charge >= 0.3 is 0 Å². The van der Waals surface area contributed by atoms with Crippen molar-refractivity contribution in [3.05, 3.63) is 12.1 Å². The molecule has 2 N–H and O–H groups in total. The van der Waals surface area contributed by atoms with Gasteiger partial charge < -0.3 is 15.3 Å². The van der Waals surface area contributed by atoms with Gasteiger partial charge in [-0.05, 0) is 41.3 Å². The number of nitrogens with zero attached hydrogens (tertiary/aromatic N) is 6. The van der Waals surface area contributed by atoms with Crippen LogP contribution in [0.1, 0.15) is 33.1 Å². The third-order valence-corrected chi connectivity index (χ3v) is 5.10. The van der Waals surface area contributed by atoms with Gasteiger partial charge in [0, 0.05) is 19.0 Å². The van der Waals surface area contributed by atoms with E-state index in [9.17, 15) is 9.90 Å². The van der Waals surface area contributed by atoms with E-state index in [1.165, 1.54) is 4.63 Å². The first-order valence-corrected chi connectivity index (χ1v) is 8.84. The van der Waals surface area contributed by atoms with Crippen molar-refractivity contribution in [1.29, 1.82) is 0 Å². The maximum Gasteiger partial charge on any atom is 0.223 e. The lowest BCUT2D eigenvalue weighted by Crippen LogP contribution is -2.47. The first kappa shape index (κ1) is 17.5. The number of tetrazole rings is 1. The Morgan fingerprint density at radius 2 is 2.16 bits per heavy atom. The second-order valence-electron chi connectivity index (χ2n) is 6.66. The van der Waals surface area contributed by atoms with Crippen LogP contribution in [0.25, 0.3) is 5.65 Å². The summed E-state index contributed by atoms with van der Waals surface area (Å²) in [6, 6.07) is 3.56. The summed E-state index contributed by atoms with van der Waals surface area (Å²) in [7, 11) is 0. The van der Waals surface area contributed by atoms with Crippen LogP contribution < -0.4 is 10.2 Å². The van der Waals surface area contributed by atoms with E-state index in [-0.39, 0.29) is 30.4 Å². The summed E-state index contributed by atoms with van der Waals surface area (Å²) < 4.78 is 1.41. The number of aliphatic hydroxyl groups excluding tert-OH is 1. The average molecular weight is 347 g/mol. The minimum atomic E-state index is -0.167. The molecule has 3 rings (SSSR count). The fourth-order valence-corrected chi connectivity index (χ4v) is 3.13. The minimum Gasteiger partial charge on any atom is -0.394 e. The summed E-state index contributed by atoms with van der Waals surface area (Å²) in [6.45, 7) is 5.60. The van der Waals surface area contributed by atoms with Gasteiger partial charge in [0.25, 0.3) is 0 Å². The van der Waals surface area contributed by atoms with Crippen LogP contribution in [0.2, 0.25) is 0 Å². The van der Waals surface area contributed by atoms with Crippen LogP contribution in [0.4, 0.5) is 5.82 Å². The van der Waals surface area contributed by atoms with E-state index < -0.39 is 0 Å². The number of carbonyl (C=O) groups is 1. The van der Waals surface area contributed by atoms with Crippen LogP contribution in [0.5, 0.6) is 0 Å². The van der Waals surface area contributed by atoms with Gasteiger partial charge in [0.2, 0.25) is 5.91 Å². The maximum absolute atomic E-state index is 12.5. The van der Waals surface area contributed by atoms with Crippen molar-refractivity contribution in [1.82, 2.24) is 30.6 Å². The molecule has 1 fully saturated rings. The molecule has 1 amide bonds. The van der Waals surface area contributed by atoms with Gasteiger partial charge in [-0.3, -0.25) is 4.79 Å². The Kier molecular flexibility index (Phi) is 5.42. The SMILES string of the molecule is CC[C@H](C)[C@H](CO)NC(=O)C1CCN(c2ccc3nnnn3n2)CC1. The highest BCUT2D eigenvalue weighted by atomic mass is 16.3. The number of aromatic nitrogens is 5. The number of aliphatic hydroxyl groups is 1. The van der Waals surface area contributed by atoms with Gasteiger partial charge in [0.05, 0.1) is 12.6 Å². The van der Waals surface area contributed by atoms with Crippen LogP contribution in [-0.2, 0) is 4.79 Å². The smallest absolute Gasteiger partial charge is 0.223 e. The van der Waals surface area contributed by atoms with E-state index in [1.54, 1.807) is 0 Å². The molecule has 9 nitrogen and oxygen atoms in total. The first-order valence-electron chi connectivity index (χ1n) is 8.84. The average Bonchev–Trinajstić information content (AvgIpc) is 3.13. The highest BCUT2D eigenvalue weighted by Crippen LogP contribution is 2.22. The zero-order chi connectivity index (χ0) is 17.8. The van der Waals surface area contributed by atoms with Gasteiger partial charge in [-0.25, -0.2) is 0 Å². The van der Waals surface area contributed by atoms with Crippen molar-refractivity contribution in [2.75, 3.05) is 24.6 Å². The van der Waals surface area contributed by atoms with Gasteiger partial charge in [0.1, 0.15) is 0 Å². The lowest BCUT2D eigenvalue weighted by molar-refractivity contribution is -0.127. The molecule has 0 saturated carbocycles. The van der Waals surface area contributed by atoms with E-state index in [2.05, 4.69) is 37.8 Å².